The van der Waals surface area contributed by atoms with Crippen molar-refractivity contribution >= 4 is 23.6 Å². The Bertz CT molecular complexity index is 1090. The number of rotatable bonds is 5. The molecule has 0 radical (unpaired) electrons. The molecule has 0 bridgehead atoms. The molecular formula is C22H18ClN3O2. The molecule has 0 atom stereocenters. The van der Waals surface area contributed by atoms with Gasteiger partial charge in [-0.3, -0.25) is 4.79 Å². The fourth-order valence-electron chi connectivity index (χ4n) is 2.73. The van der Waals surface area contributed by atoms with Crippen molar-refractivity contribution in [2.45, 2.75) is 20.5 Å². The molecule has 1 aromatic heterocycles. The molecular weight excluding hydrogens is 374 g/mol. The van der Waals surface area contributed by atoms with E-state index in [2.05, 4.69) is 5.10 Å². The van der Waals surface area contributed by atoms with Crippen molar-refractivity contribution < 1.29 is 9.53 Å². The molecule has 28 heavy (non-hydrogen) atoms. The SMILES string of the molecule is Cc1cc(C)n(C(=O)/C(C#N)=C/c2cccc(OCc3ccccc3Cl)c2)n1. The summed E-state index contributed by atoms with van der Waals surface area (Å²) in [6, 6.07) is 18.4. The van der Waals surface area contributed by atoms with E-state index in [1.807, 2.05) is 36.4 Å². The van der Waals surface area contributed by atoms with Crippen molar-refractivity contribution in [3.63, 3.8) is 0 Å². The maximum Gasteiger partial charge on any atom is 0.289 e. The highest BCUT2D eigenvalue weighted by molar-refractivity contribution is 6.31. The second kappa shape index (κ2) is 8.55. The predicted octanol–water partition coefficient (Wildman–Crippen LogP) is 4.98. The number of carbonyl (C=O) groups excluding carboxylic acids is 1. The number of nitrogens with zero attached hydrogens (tertiary/aromatic N) is 3. The van der Waals surface area contributed by atoms with Crippen LogP contribution < -0.4 is 4.74 Å². The zero-order chi connectivity index (χ0) is 20.1. The molecule has 0 unspecified atom stereocenters. The van der Waals surface area contributed by atoms with Crippen LogP contribution in [0.3, 0.4) is 0 Å². The average Bonchev–Trinajstić information content (AvgIpc) is 3.03. The second-order valence-electron chi connectivity index (χ2n) is 6.27. The van der Waals surface area contributed by atoms with Gasteiger partial charge in [-0.15, -0.1) is 0 Å². The van der Waals surface area contributed by atoms with Crippen molar-refractivity contribution in [2.24, 2.45) is 0 Å². The third-order valence-corrected chi connectivity index (χ3v) is 4.44. The number of hydrogen-bond donors (Lipinski definition) is 0. The smallest absolute Gasteiger partial charge is 0.289 e. The monoisotopic (exact) mass is 391 g/mol. The predicted molar refractivity (Wildman–Crippen MR) is 108 cm³/mol. The van der Waals surface area contributed by atoms with E-state index in [0.29, 0.717) is 28.6 Å². The molecule has 6 heteroatoms. The van der Waals surface area contributed by atoms with E-state index >= 15 is 0 Å². The molecule has 0 spiro atoms. The lowest BCUT2D eigenvalue weighted by Crippen LogP contribution is -2.15. The minimum Gasteiger partial charge on any atom is -0.489 e. The number of nitriles is 1. The molecule has 0 saturated carbocycles. The summed E-state index contributed by atoms with van der Waals surface area (Å²) >= 11 is 6.15. The Labute approximate surface area is 168 Å². The molecule has 0 aliphatic rings. The first-order chi connectivity index (χ1) is 13.5. The Morgan fingerprint density at radius 1 is 1.21 bits per heavy atom. The van der Waals surface area contributed by atoms with Crippen LogP contribution in [0.25, 0.3) is 6.08 Å². The summed E-state index contributed by atoms with van der Waals surface area (Å²) in [5.74, 6) is 0.153. The van der Waals surface area contributed by atoms with E-state index < -0.39 is 5.91 Å². The van der Waals surface area contributed by atoms with Gasteiger partial charge in [0.25, 0.3) is 5.91 Å². The van der Waals surface area contributed by atoms with Gasteiger partial charge in [-0.2, -0.15) is 10.4 Å². The lowest BCUT2D eigenvalue weighted by molar-refractivity contribution is 0.0943. The standard InChI is InChI=1S/C22H18ClN3O2/c1-15-10-16(2)26(25-15)22(27)19(13-24)11-17-6-5-8-20(12-17)28-14-18-7-3-4-9-21(18)23/h3-12H,14H2,1-2H3/b19-11+. The summed E-state index contributed by atoms with van der Waals surface area (Å²) in [5, 5.41) is 14.2. The van der Waals surface area contributed by atoms with Crippen LogP contribution in [0.4, 0.5) is 0 Å². The summed E-state index contributed by atoms with van der Waals surface area (Å²) in [5.41, 5.74) is 2.96. The molecule has 0 aliphatic heterocycles. The van der Waals surface area contributed by atoms with Gasteiger partial charge in [0, 0.05) is 16.3 Å². The number of benzene rings is 2. The molecule has 0 N–H and O–H groups in total. The minimum absolute atomic E-state index is 0.00514. The van der Waals surface area contributed by atoms with Gasteiger partial charge in [0.15, 0.2) is 0 Å². The largest absolute Gasteiger partial charge is 0.489 e. The van der Waals surface area contributed by atoms with Gasteiger partial charge in [-0.1, -0.05) is 41.9 Å². The van der Waals surface area contributed by atoms with Crippen LogP contribution in [0.15, 0.2) is 60.2 Å². The van der Waals surface area contributed by atoms with Crippen LogP contribution in [0.5, 0.6) is 5.75 Å². The van der Waals surface area contributed by atoms with Gasteiger partial charge < -0.3 is 4.74 Å². The van der Waals surface area contributed by atoms with Gasteiger partial charge >= 0.3 is 0 Å². The quantitative estimate of drug-likeness (QED) is 0.454. The summed E-state index contributed by atoms with van der Waals surface area (Å²) in [4.78, 5) is 12.6. The molecule has 3 rings (SSSR count). The number of ether oxygens (including phenoxy) is 1. The Morgan fingerprint density at radius 2 is 2.00 bits per heavy atom. The first kappa shape index (κ1) is 19.4. The third kappa shape index (κ3) is 4.48. The molecule has 0 amide bonds. The fourth-order valence-corrected chi connectivity index (χ4v) is 2.92. The third-order valence-electron chi connectivity index (χ3n) is 4.07. The number of allylic oxidation sites excluding steroid dienone is 1. The van der Waals surface area contributed by atoms with Gasteiger partial charge in [-0.05, 0) is 49.8 Å². The summed E-state index contributed by atoms with van der Waals surface area (Å²) in [6.07, 6.45) is 1.53. The van der Waals surface area contributed by atoms with E-state index in [-0.39, 0.29) is 5.57 Å². The highest BCUT2D eigenvalue weighted by Crippen LogP contribution is 2.21. The number of aryl methyl sites for hydroxylation is 2. The molecule has 1 heterocycles. The van der Waals surface area contributed by atoms with Crippen LogP contribution in [0.1, 0.15) is 27.3 Å². The Morgan fingerprint density at radius 3 is 2.68 bits per heavy atom. The van der Waals surface area contributed by atoms with E-state index in [1.165, 1.54) is 10.8 Å². The molecule has 5 nitrogen and oxygen atoms in total. The lowest BCUT2D eigenvalue weighted by atomic mass is 10.1. The molecule has 0 aliphatic carbocycles. The molecule has 0 saturated heterocycles. The molecule has 140 valence electrons. The maximum atomic E-state index is 12.6. The van der Waals surface area contributed by atoms with Crippen LogP contribution in [0, 0.1) is 25.2 Å². The summed E-state index contributed by atoms with van der Waals surface area (Å²) in [7, 11) is 0. The molecule has 3 aromatic rings. The minimum atomic E-state index is -0.463. The van der Waals surface area contributed by atoms with E-state index in [1.54, 1.807) is 38.1 Å². The first-order valence-electron chi connectivity index (χ1n) is 8.64. The van der Waals surface area contributed by atoms with Crippen molar-refractivity contribution in [1.82, 2.24) is 9.78 Å². The van der Waals surface area contributed by atoms with E-state index in [4.69, 9.17) is 16.3 Å². The molecule has 2 aromatic carbocycles. The summed E-state index contributed by atoms with van der Waals surface area (Å²) < 4.78 is 7.04. The second-order valence-corrected chi connectivity index (χ2v) is 6.67. The van der Waals surface area contributed by atoms with E-state index in [0.717, 1.165) is 11.3 Å². The van der Waals surface area contributed by atoms with Crippen LogP contribution in [0.2, 0.25) is 5.02 Å². The Hall–Kier alpha value is -3.36. The van der Waals surface area contributed by atoms with Crippen molar-refractivity contribution in [1.29, 1.82) is 5.26 Å². The lowest BCUT2D eigenvalue weighted by Gasteiger charge is -2.08. The average molecular weight is 392 g/mol. The number of aromatic nitrogens is 2. The Kier molecular flexibility index (Phi) is 5.93. The van der Waals surface area contributed by atoms with Crippen LogP contribution >= 0.6 is 11.6 Å². The van der Waals surface area contributed by atoms with E-state index in [9.17, 15) is 10.1 Å². The normalized spacial score (nSPS) is 11.1. The summed E-state index contributed by atoms with van der Waals surface area (Å²) in [6.45, 7) is 3.89. The highest BCUT2D eigenvalue weighted by Gasteiger charge is 2.15. The van der Waals surface area contributed by atoms with Crippen molar-refractivity contribution in [3.8, 4) is 11.8 Å². The van der Waals surface area contributed by atoms with Gasteiger partial charge in [0.2, 0.25) is 0 Å². The zero-order valence-electron chi connectivity index (χ0n) is 15.5. The topological polar surface area (TPSA) is 67.9 Å². The van der Waals surface area contributed by atoms with Crippen LogP contribution in [-0.4, -0.2) is 15.7 Å². The maximum absolute atomic E-state index is 12.6. The van der Waals surface area contributed by atoms with Gasteiger partial charge in [-0.25, -0.2) is 4.68 Å². The van der Waals surface area contributed by atoms with Gasteiger partial charge in [0.05, 0.1) is 5.69 Å². The number of halogens is 1. The first-order valence-corrected chi connectivity index (χ1v) is 9.02. The number of hydrogen-bond acceptors (Lipinski definition) is 4. The fraction of sp³-hybridized carbons (Fsp3) is 0.136. The van der Waals surface area contributed by atoms with Crippen molar-refractivity contribution in [3.05, 3.63) is 87.7 Å². The van der Waals surface area contributed by atoms with Gasteiger partial charge in [0.1, 0.15) is 24.0 Å². The molecule has 0 fully saturated rings. The number of carbonyl (C=O) groups is 1. The highest BCUT2D eigenvalue weighted by atomic mass is 35.5. The van der Waals surface area contributed by atoms with Crippen molar-refractivity contribution in [2.75, 3.05) is 0 Å². The zero-order valence-corrected chi connectivity index (χ0v) is 16.3. The Balaban J connectivity index is 1.80. The van der Waals surface area contributed by atoms with Crippen LogP contribution in [-0.2, 0) is 6.61 Å².